The largest absolute Gasteiger partial charge is 0.312 e. The molecule has 0 saturated heterocycles. The quantitative estimate of drug-likeness (QED) is 0.809. The van der Waals surface area contributed by atoms with Crippen molar-refractivity contribution in [2.75, 3.05) is 13.1 Å². The Hall–Kier alpha value is -0.600. The first-order chi connectivity index (χ1) is 6.79. The van der Waals surface area contributed by atoms with E-state index in [1.54, 1.807) is 0 Å². The Morgan fingerprint density at radius 2 is 2.21 bits per heavy atom. The molecule has 14 heavy (non-hydrogen) atoms. The van der Waals surface area contributed by atoms with Crippen LogP contribution >= 0.6 is 15.9 Å². The molecule has 0 bridgehead atoms. The summed E-state index contributed by atoms with van der Waals surface area (Å²) in [5, 5.41) is 3.40. The molecule has 1 N–H and O–H groups in total. The Bertz CT molecular complexity index is 369. The molecule has 0 aromatic heterocycles. The predicted octanol–water partition coefficient (Wildman–Crippen LogP) is 3.13. The maximum atomic E-state index is 3.57. The predicted molar refractivity (Wildman–Crippen MR) is 64.3 cm³/mol. The fourth-order valence-electron chi connectivity index (χ4n) is 1.80. The van der Waals surface area contributed by atoms with Crippen molar-refractivity contribution in [1.82, 2.24) is 5.32 Å². The van der Waals surface area contributed by atoms with Crippen LogP contribution in [0.15, 0.2) is 28.7 Å². The normalized spacial score (nSPS) is 16.6. The highest BCUT2D eigenvalue weighted by Gasteiger charge is 2.08. The summed E-state index contributed by atoms with van der Waals surface area (Å²) < 4.78 is 1.20. The van der Waals surface area contributed by atoms with Crippen molar-refractivity contribution in [2.45, 2.75) is 13.3 Å². The summed E-state index contributed by atoms with van der Waals surface area (Å²) in [5.74, 6) is 0. The Labute approximate surface area is 93.3 Å². The number of hydrogen-bond acceptors (Lipinski definition) is 1. The maximum Gasteiger partial charge on any atom is 0.0210 e. The second-order valence-corrected chi connectivity index (χ2v) is 4.46. The highest BCUT2D eigenvalue weighted by Crippen LogP contribution is 2.26. The van der Waals surface area contributed by atoms with Gasteiger partial charge >= 0.3 is 0 Å². The SMILES string of the molecule is Cc1c(Br)cccc1C1=CCCNC1. The Balaban J connectivity index is 2.40. The summed E-state index contributed by atoms with van der Waals surface area (Å²) in [4.78, 5) is 0. The molecular formula is C12H14BrN. The van der Waals surface area contributed by atoms with Gasteiger partial charge in [-0.15, -0.1) is 0 Å². The fourth-order valence-corrected chi connectivity index (χ4v) is 2.17. The number of nitrogens with one attached hydrogen (secondary N) is 1. The zero-order chi connectivity index (χ0) is 9.97. The highest BCUT2D eigenvalue weighted by atomic mass is 79.9. The van der Waals surface area contributed by atoms with Crippen molar-refractivity contribution in [3.05, 3.63) is 39.9 Å². The summed E-state index contributed by atoms with van der Waals surface area (Å²) in [6.07, 6.45) is 3.48. The molecule has 0 amide bonds. The van der Waals surface area contributed by atoms with Gasteiger partial charge in [-0.25, -0.2) is 0 Å². The molecule has 0 unspecified atom stereocenters. The van der Waals surface area contributed by atoms with Crippen LogP contribution in [0.5, 0.6) is 0 Å². The first-order valence-electron chi connectivity index (χ1n) is 4.94. The summed E-state index contributed by atoms with van der Waals surface area (Å²) >= 11 is 3.57. The summed E-state index contributed by atoms with van der Waals surface area (Å²) in [7, 11) is 0. The van der Waals surface area contributed by atoms with Gasteiger partial charge in [-0.05, 0) is 42.7 Å². The smallest absolute Gasteiger partial charge is 0.0210 e. The van der Waals surface area contributed by atoms with Crippen molar-refractivity contribution in [3.63, 3.8) is 0 Å². The molecule has 1 aromatic rings. The highest BCUT2D eigenvalue weighted by molar-refractivity contribution is 9.10. The molecular weight excluding hydrogens is 238 g/mol. The van der Waals surface area contributed by atoms with Crippen LogP contribution < -0.4 is 5.32 Å². The Morgan fingerprint density at radius 3 is 2.93 bits per heavy atom. The minimum Gasteiger partial charge on any atom is -0.312 e. The van der Waals surface area contributed by atoms with Crippen molar-refractivity contribution >= 4 is 21.5 Å². The van der Waals surface area contributed by atoms with Gasteiger partial charge in [0.05, 0.1) is 0 Å². The van der Waals surface area contributed by atoms with Gasteiger partial charge in [0.25, 0.3) is 0 Å². The number of halogens is 1. The molecule has 1 aliphatic heterocycles. The average molecular weight is 252 g/mol. The lowest BCUT2D eigenvalue weighted by atomic mass is 9.98. The van der Waals surface area contributed by atoms with Crippen LogP contribution in [0.25, 0.3) is 5.57 Å². The van der Waals surface area contributed by atoms with Crippen LogP contribution in [0.3, 0.4) is 0 Å². The number of rotatable bonds is 1. The third-order valence-corrected chi connectivity index (χ3v) is 3.50. The van der Waals surface area contributed by atoms with E-state index in [2.05, 4.69) is 52.4 Å². The third-order valence-electron chi connectivity index (χ3n) is 2.64. The molecule has 0 aliphatic carbocycles. The van der Waals surface area contributed by atoms with E-state index in [4.69, 9.17) is 0 Å². The molecule has 0 fully saturated rings. The second-order valence-electron chi connectivity index (χ2n) is 3.61. The monoisotopic (exact) mass is 251 g/mol. The van der Waals surface area contributed by atoms with E-state index in [9.17, 15) is 0 Å². The molecule has 1 nitrogen and oxygen atoms in total. The molecule has 0 atom stereocenters. The van der Waals surface area contributed by atoms with Crippen LogP contribution in [0.4, 0.5) is 0 Å². The van der Waals surface area contributed by atoms with Crippen LogP contribution in [0.2, 0.25) is 0 Å². The molecule has 2 heteroatoms. The lowest BCUT2D eigenvalue weighted by Gasteiger charge is -2.16. The van der Waals surface area contributed by atoms with Crippen LogP contribution in [0, 0.1) is 6.92 Å². The lowest BCUT2D eigenvalue weighted by Crippen LogP contribution is -2.21. The average Bonchev–Trinajstić information content (AvgIpc) is 2.23. The summed E-state index contributed by atoms with van der Waals surface area (Å²) in [6.45, 7) is 4.27. The lowest BCUT2D eigenvalue weighted by molar-refractivity contribution is 0.739. The van der Waals surface area contributed by atoms with E-state index in [-0.39, 0.29) is 0 Å². The second kappa shape index (κ2) is 4.28. The van der Waals surface area contributed by atoms with Gasteiger partial charge in [-0.2, -0.15) is 0 Å². The molecule has 0 radical (unpaired) electrons. The molecule has 1 aliphatic rings. The van der Waals surface area contributed by atoms with E-state index in [0.29, 0.717) is 0 Å². The zero-order valence-corrected chi connectivity index (χ0v) is 9.89. The van der Waals surface area contributed by atoms with Crippen molar-refractivity contribution < 1.29 is 0 Å². The Morgan fingerprint density at radius 1 is 1.36 bits per heavy atom. The number of hydrogen-bond donors (Lipinski definition) is 1. The van der Waals surface area contributed by atoms with Crippen LogP contribution in [-0.2, 0) is 0 Å². The van der Waals surface area contributed by atoms with E-state index >= 15 is 0 Å². The van der Waals surface area contributed by atoms with Crippen LogP contribution in [-0.4, -0.2) is 13.1 Å². The van der Waals surface area contributed by atoms with E-state index in [0.717, 1.165) is 19.5 Å². The van der Waals surface area contributed by atoms with Crippen molar-refractivity contribution in [2.24, 2.45) is 0 Å². The topological polar surface area (TPSA) is 12.0 Å². The van der Waals surface area contributed by atoms with Gasteiger partial charge in [-0.3, -0.25) is 0 Å². The van der Waals surface area contributed by atoms with Crippen LogP contribution in [0.1, 0.15) is 17.5 Å². The van der Waals surface area contributed by atoms with E-state index < -0.39 is 0 Å². The first kappa shape index (κ1) is 9.94. The summed E-state index contributed by atoms with van der Waals surface area (Å²) in [5.41, 5.74) is 4.13. The molecule has 0 spiro atoms. The van der Waals surface area contributed by atoms with Crippen molar-refractivity contribution in [1.29, 1.82) is 0 Å². The minimum absolute atomic E-state index is 0.997. The van der Waals surface area contributed by atoms with E-state index in [1.165, 1.54) is 21.2 Å². The van der Waals surface area contributed by atoms with Gasteiger partial charge < -0.3 is 5.32 Å². The zero-order valence-electron chi connectivity index (χ0n) is 8.31. The Kier molecular flexibility index (Phi) is 3.04. The first-order valence-corrected chi connectivity index (χ1v) is 5.73. The van der Waals surface area contributed by atoms with Gasteiger partial charge in [-0.1, -0.05) is 34.1 Å². The van der Waals surface area contributed by atoms with Gasteiger partial charge in [0.15, 0.2) is 0 Å². The van der Waals surface area contributed by atoms with Crippen molar-refractivity contribution in [3.8, 4) is 0 Å². The molecule has 0 saturated carbocycles. The maximum absolute atomic E-state index is 3.57. The summed E-state index contributed by atoms with van der Waals surface area (Å²) in [6, 6.07) is 6.39. The molecule has 74 valence electrons. The molecule has 1 aromatic carbocycles. The fraction of sp³-hybridized carbons (Fsp3) is 0.333. The van der Waals surface area contributed by atoms with Gasteiger partial charge in [0.2, 0.25) is 0 Å². The van der Waals surface area contributed by atoms with E-state index in [1.807, 2.05) is 0 Å². The minimum atomic E-state index is 0.997. The standard InChI is InChI=1S/C12H14BrN/c1-9-11(5-2-6-12(9)13)10-4-3-7-14-8-10/h2,4-6,14H,3,7-8H2,1H3. The van der Waals surface area contributed by atoms with Gasteiger partial charge in [0, 0.05) is 11.0 Å². The number of benzene rings is 1. The molecule has 1 heterocycles. The van der Waals surface area contributed by atoms with Gasteiger partial charge in [0.1, 0.15) is 0 Å². The third kappa shape index (κ3) is 1.91. The molecule has 2 rings (SSSR count).